The summed E-state index contributed by atoms with van der Waals surface area (Å²) < 4.78 is 43.9. The Balaban J connectivity index is 2.29. The molecule has 1 aromatic heterocycles. The summed E-state index contributed by atoms with van der Waals surface area (Å²) in [5.74, 6) is -0.844. The van der Waals surface area contributed by atoms with Gasteiger partial charge in [-0.25, -0.2) is 0 Å². The van der Waals surface area contributed by atoms with Crippen LogP contribution < -0.4 is 4.74 Å². The van der Waals surface area contributed by atoms with E-state index in [1.165, 1.54) is 12.1 Å². The molecule has 0 N–H and O–H groups in total. The second-order valence-electron chi connectivity index (χ2n) is 3.81. The van der Waals surface area contributed by atoms with E-state index in [2.05, 4.69) is 14.3 Å². The fourth-order valence-corrected chi connectivity index (χ4v) is 2.29. The van der Waals surface area contributed by atoms with E-state index in [0.717, 1.165) is 23.7 Å². The van der Waals surface area contributed by atoms with Crippen molar-refractivity contribution in [1.29, 1.82) is 0 Å². The fourth-order valence-electron chi connectivity index (χ4n) is 1.58. The van der Waals surface area contributed by atoms with Crippen molar-refractivity contribution in [1.82, 2.24) is 9.59 Å². The zero-order valence-electron chi connectivity index (χ0n) is 10.3. The van der Waals surface area contributed by atoms with E-state index in [0.29, 0.717) is 17.0 Å². The highest BCUT2D eigenvalue weighted by Crippen LogP contribution is 2.25. The highest BCUT2D eigenvalue weighted by atomic mass is 32.1. The summed E-state index contributed by atoms with van der Waals surface area (Å²) in [5.41, 5.74) is 0.634. The van der Waals surface area contributed by atoms with Crippen molar-refractivity contribution in [2.24, 2.45) is 0 Å². The molecule has 0 fully saturated rings. The Bertz CT molecular complexity index is 625. The average molecular weight is 302 g/mol. The van der Waals surface area contributed by atoms with Crippen LogP contribution in [0.2, 0.25) is 0 Å². The Morgan fingerprint density at radius 3 is 2.80 bits per heavy atom. The minimum absolute atomic E-state index is 0.104. The minimum atomic E-state index is -4.79. The van der Waals surface area contributed by atoms with Crippen molar-refractivity contribution < 1.29 is 22.7 Å². The van der Waals surface area contributed by atoms with E-state index < -0.39 is 17.9 Å². The lowest BCUT2D eigenvalue weighted by Gasteiger charge is -2.09. The molecule has 1 aromatic carbocycles. The summed E-state index contributed by atoms with van der Waals surface area (Å²) in [6.45, 7) is 1.82. The molecule has 0 atom stereocenters. The Hall–Kier alpha value is -1.96. The highest BCUT2D eigenvalue weighted by Gasteiger charge is 2.31. The molecule has 106 valence electrons. The molecule has 2 rings (SSSR count). The number of hydrogen-bond donors (Lipinski definition) is 0. The van der Waals surface area contributed by atoms with Crippen LogP contribution in [0.15, 0.2) is 24.3 Å². The van der Waals surface area contributed by atoms with Gasteiger partial charge in [-0.15, -0.1) is 18.3 Å². The van der Waals surface area contributed by atoms with Crippen molar-refractivity contribution in [3.8, 4) is 5.75 Å². The number of carbonyl (C=O) groups excluding carboxylic acids is 1. The number of aromatic nitrogens is 2. The number of halogens is 3. The SMILES string of the molecule is CCc1nnsc1C(=O)c1cccc(OC(F)(F)F)c1. The maximum Gasteiger partial charge on any atom is 0.573 e. The number of ether oxygens (including phenoxy) is 1. The first-order valence-electron chi connectivity index (χ1n) is 5.62. The molecule has 1 heterocycles. The Morgan fingerprint density at radius 1 is 1.40 bits per heavy atom. The van der Waals surface area contributed by atoms with Gasteiger partial charge in [-0.05, 0) is 30.1 Å². The van der Waals surface area contributed by atoms with E-state index in [4.69, 9.17) is 0 Å². The number of aryl methyl sites for hydroxylation is 1. The van der Waals surface area contributed by atoms with Crippen LogP contribution in [-0.2, 0) is 6.42 Å². The van der Waals surface area contributed by atoms with Crippen LogP contribution in [0, 0.1) is 0 Å². The predicted molar refractivity (Wildman–Crippen MR) is 65.8 cm³/mol. The molecule has 0 bridgehead atoms. The summed E-state index contributed by atoms with van der Waals surface area (Å²) in [7, 11) is 0. The number of rotatable bonds is 4. The highest BCUT2D eigenvalue weighted by molar-refractivity contribution is 7.08. The third-order valence-corrected chi connectivity index (χ3v) is 3.19. The van der Waals surface area contributed by atoms with E-state index in [1.54, 1.807) is 0 Å². The van der Waals surface area contributed by atoms with Gasteiger partial charge in [-0.3, -0.25) is 4.79 Å². The summed E-state index contributed by atoms with van der Waals surface area (Å²) in [6.07, 6.45) is -4.27. The van der Waals surface area contributed by atoms with Gasteiger partial charge in [0.05, 0.1) is 5.69 Å². The molecule has 0 aliphatic carbocycles. The monoisotopic (exact) mass is 302 g/mol. The number of benzene rings is 1. The first kappa shape index (κ1) is 14.4. The second-order valence-corrected chi connectivity index (χ2v) is 4.56. The number of carbonyl (C=O) groups is 1. The zero-order valence-corrected chi connectivity index (χ0v) is 11.1. The van der Waals surface area contributed by atoms with E-state index in [9.17, 15) is 18.0 Å². The van der Waals surface area contributed by atoms with Crippen LogP contribution in [0.3, 0.4) is 0 Å². The molecule has 0 aliphatic rings. The second kappa shape index (κ2) is 5.58. The molecule has 0 aliphatic heterocycles. The molecule has 8 heteroatoms. The van der Waals surface area contributed by atoms with Gasteiger partial charge in [0.1, 0.15) is 10.6 Å². The van der Waals surface area contributed by atoms with Crippen LogP contribution in [0.4, 0.5) is 13.2 Å². The first-order chi connectivity index (χ1) is 9.40. The van der Waals surface area contributed by atoms with Gasteiger partial charge < -0.3 is 4.74 Å². The van der Waals surface area contributed by atoms with Crippen molar-refractivity contribution in [2.45, 2.75) is 19.7 Å². The molecule has 0 saturated heterocycles. The van der Waals surface area contributed by atoms with Crippen LogP contribution in [-0.4, -0.2) is 21.7 Å². The Labute approximate surface area is 116 Å². The predicted octanol–water partition coefficient (Wildman–Crippen LogP) is 3.23. The maximum absolute atomic E-state index is 12.2. The molecule has 0 amide bonds. The van der Waals surface area contributed by atoms with Gasteiger partial charge in [0, 0.05) is 5.56 Å². The van der Waals surface area contributed by atoms with Crippen molar-refractivity contribution in [2.75, 3.05) is 0 Å². The van der Waals surface area contributed by atoms with E-state index >= 15 is 0 Å². The zero-order chi connectivity index (χ0) is 14.8. The molecule has 0 spiro atoms. The molecular weight excluding hydrogens is 293 g/mol. The minimum Gasteiger partial charge on any atom is -0.406 e. The smallest absolute Gasteiger partial charge is 0.406 e. The number of hydrogen-bond acceptors (Lipinski definition) is 5. The van der Waals surface area contributed by atoms with Gasteiger partial charge in [0.25, 0.3) is 0 Å². The fraction of sp³-hybridized carbons (Fsp3) is 0.250. The molecular formula is C12H9F3N2O2S. The molecule has 20 heavy (non-hydrogen) atoms. The summed E-state index contributed by atoms with van der Waals surface area (Å²) in [5, 5.41) is 3.80. The Kier molecular flexibility index (Phi) is 4.03. The Morgan fingerprint density at radius 2 is 2.15 bits per heavy atom. The lowest BCUT2D eigenvalue weighted by Crippen LogP contribution is -2.17. The molecule has 0 saturated carbocycles. The largest absolute Gasteiger partial charge is 0.573 e. The van der Waals surface area contributed by atoms with E-state index in [1.807, 2.05) is 6.92 Å². The standard InChI is InChI=1S/C12H9F3N2O2S/c1-2-9-11(20-17-16-9)10(18)7-4-3-5-8(6-7)19-12(13,14)15/h3-6H,2H2,1H3. The summed E-state index contributed by atoms with van der Waals surface area (Å²) in [4.78, 5) is 12.5. The van der Waals surface area contributed by atoms with Gasteiger partial charge in [-0.2, -0.15) is 0 Å². The van der Waals surface area contributed by atoms with Crippen LogP contribution in [0.5, 0.6) is 5.75 Å². The summed E-state index contributed by atoms with van der Waals surface area (Å²) in [6, 6.07) is 4.93. The third-order valence-electron chi connectivity index (χ3n) is 2.43. The van der Waals surface area contributed by atoms with Gasteiger partial charge in [0.15, 0.2) is 0 Å². The van der Waals surface area contributed by atoms with Gasteiger partial charge in [0.2, 0.25) is 5.78 Å². The molecule has 0 unspecified atom stereocenters. The van der Waals surface area contributed by atoms with Gasteiger partial charge in [-0.1, -0.05) is 23.5 Å². The molecule has 2 aromatic rings. The number of nitrogens with zero attached hydrogens (tertiary/aromatic N) is 2. The van der Waals surface area contributed by atoms with Crippen LogP contribution in [0.25, 0.3) is 0 Å². The van der Waals surface area contributed by atoms with E-state index in [-0.39, 0.29) is 5.56 Å². The number of alkyl halides is 3. The number of ketones is 1. The van der Waals surface area contributed by atoms with Gasteiger partial charge >= 0.3 is 6.36 Å². The van der Waals surface area contributed by atoms with Crippen molar-refractivity contribution in [3.05, 3.63) is 40.4 Å². The topological polar surface area (TPSA) is 52.1 Å². The molecule has 0 radical (unpaired) electrons. The van der Waals surface area contributed by atoms with Crippen LogP contribution in [0.1, 0.15) is 27.9 Å². The normalized spacial score (nSPS) is 11.4. The quantitative estimate of drug-likeness (QED) is 0.814. The van der Waals surface area contributed by atoms with Crippen molar-refractivity contribution in [3.63, 3.8) is 0 Å². The summed E-state index contributed by atoms with van der Waals surface area (Å²) >= 11 is 0.922. The lowest BCUT2D eigenvalue weighted by molar-refractivity contribution is -0.274. The average Bonchev–Trinajstić information content (AvgIpc) is 2.84. The van der Waals surface area contributed by atoms with Crippen molar-refractivity contribution >= 4 is 17.3 Å². The molecule has 4 nitrogen and oxygen atoms in total. The lowest BCUT2D eigenvalue weighted by atomic mass is 10.1. The van der Waals surface area contributed by atoms with Crippen LogP contribution >= 0.6 is 11.5 Å². The third kappa shape index (κ3) is 3.32. The maximum atomic E-state index is 12.2. The first-order valence-corrected chi connectivity index (χ1v) is 6.40.